The number of hydrogen-bond acceptors (Lipinski definition) is 3. The summed E-state index contributed by atoms with van der Waals surface area (Å²) in [5, 5.41) is 6.90. The number of carbonyl (C=O) groups excluding carboxylic acids is 1. The Morgan fingerprint density at radius 1 is 1.67 bits per heavy atom. The van der Waals surface area contributed by atoms with Gasteiger partial charge < -0.3 is 11.1 Å². The first kappa shape index (κ1) is 10.2. The molecule has 0 aromatic carbocycles. The van der Waals surface area contributed by atoms with Gasteiger partial charge in [0.1, 0.15) is 0 Å². The number of carbonyl (C=O) groups is 1. The lowest BCUT2D eigenvalue weighted by Crippen LogP contribution is -2.43. The first-order valence-corrected chi connectivity index (χ1v) is 5.22. The quantitative estimate of drug-likeness (QED) is 0.720. The van der Waals surface area contributed by atoms with Crippen LogP contribution in [0.5, 0.6) is 0 Å². The molecule has 2 rings (SSSR count). The van der Waals surface area contributed by atoms with E-state index < -0.39 is 0 Å². The Balaban J connectivity index is 1.97. The van der Waals surface area contributed by atoms with Gasteiger partial charge in [-0.1, -0.05) is 0 Å². The van der Waals surface area contributed by atoms with Crippen LogP contribution in [0.15, 0.2) is 12.4 Å². The number of hydrogen-bond donors (Lipinski definition) is 2. The Morgan fingerprint density at radius 2 is 2.47 bits per heavy atom. The Bertz CT molecular complexity index is 360. The van der Waals surface area contributed by atoms with Crippen LogP contribution in [0, 0.1) is 0 Å². The second-order valence-corrected chi connectivity index (χ2v) is 4.08. The lowest BCUT2D eigenvalue weighted by atomic mass is 10.2. The lowest BCUT2D eigenvalue weighted by Gasteiger charge is -2.16. The third-order valence-electron chi connectivity index (χ3n) is 2.85. The molecule has 15 heavy (non-hydrogen) atoms. The molecule has 1 aromatic heterocycles. The van der Waals surface area contributed by atoms with E-state index in [0.717, 1.165) is 19.3 Å². The van der Waals surface area contributed by atoms with Crippen molar-refractivity contribution in [2.75, 3.05) is 0 Å². The van der Waals surface area contributed by atoms with Crippen LogP contribution in [0.3, 0.4) is 0 Å². The zero-order valence-corrected chi connectivity index (χ0v) is 8.81. The highest BCUT2D eigenvalue weighted by molar-refractivity contribution is 5.93. The van der Waals surface area contributed by atoms with Crippen molar-refractivity contribution >= 4 is 5.91 Å². The standard InChI is InChI=1S/C10H16N4O/c1-14-6-7(5-12-14)10(15)13-9-4-2-3-8(9)11/h5-6,8-9H,2-4,11H2,1H3,(H,13,15). The van der Waals surface area contributed by atoms with Gasteiger partial charge in [0.05, 0.1) is 11.8 Å². The van der Waals surface area contributed by atoms with E-state index in [1.54, 1.807) is 24.1 Å². The van der Waals surface area contributed by atoms with Gasteiger partial charge >= 0.3 is 0 Å². The van der Waals surface area contributed by atoms with E-state index >= 15 is 0 Å². The predicted molar refractivity (Wildman–Crippen MR) is 56.3 cm³/mol. The zero-order valence-electron chi connectivity index (χ0n) is 8.81. The van der Waals surface area contributed by atoms with Gasteiger partial charge in [-0.15, -0.1) is 0 Å². The summed E-state index contributed by atoms with van der Waals surface area (Å²) in [6, 6.07) is 0.225. The Kier molecular flexibility index (Phi) is 2.73. The summed E-state index contributed by atoms with van der Waals surface area (Å²) in [5.74, 6) is -0.0783. The molecule has 1 aliphatic carbocycles. The van der Waals surface area contributed by atoms with E-state index in [0.29, 0.717) is 5.56 Å². The molecule has 0 radical (unpaired) electrons. The molecule has 3 N–H and O–H groups in total. The van der Waals surface area contributed by atoms with Crippen molar-refractivity contribution in [1.29, 1.82) is 0 Å². The van der Waals surface area contributed by atoms with Gasteiger partial charge in [0.2, 0.25) is 0 Å². The van der Waals surface area contributed by atoms with Crippen LogP contribution < -0.4 is 11.1 Å². The summed E-state index contributed by atoms with van der Waals surface area (Å²) >= 11 is 0. The minimum absolute atomic E-state index is 0.0783. The average Bonchev–Trinajstić information content (AvgIpc) is 2.77. The topological polar surface area (TPSA) is 72.9 Å². The van der Waals surface area contributed by atoms with Crippen molar-refractivity contribution in [3.05, 3.63) is 18.0 Å². The number of aryl methyl sites for hydroxylation is 1. The number of nitrogens with two attached hydrogens (primary N) is 1. The van der Waals surface area contributed by atoms with Crippen LogP contribution in [0.1, 0.15) is 29.6 Å². The van der Waals surface area contributed by atoms with E-state index in [9.17, 15) is 4.79 Å². The zero-order chi connectivity index (χ0) is 10.8. The average molecular weight is 208 g/mol. The Morgan fingerprint density at radius 3 is 3.00 bits per heavy atom. The van der Waals surface area contributed by atoms with Gasteiger partial charge in [0, 0.05) is 25.3 Å². The van der Waals surface area contributed by atoms with Crippen molar-refractivity contribution < 1.29 is 4.79 Å². The van der Waals surface area contributed by atoms with E-state index in [4.69, 9.17) is 5.73 Å². The summed E-state index contributed by atoms with van der Waals surface area (Å²) in [5.41, 5.74) is 6.47. The molecular weight excluding hydrogens is 192 g/mol. The maximum Gasteiger partial charge on any atom is 0.254 e. The highest BCUT2D eigenvalue weighted by Gasteiger charge is 2.25. The normalized spacial score (nSPS) is 25.5. The summed E-state index contributed by atoms with van der Waals surface area (Å²) in [6.45, 7) is 0. The molecule has 5 nitrogen and oxygen atoms in total. The third-order valence-corrected chi connectivity index (χ3v) is 2.85. The third kappa shape index (κ3) is 2.18. The monoisotopic (exact) mass is 208 g/mol. The highest BCUT2D eigenvalue weighted by Crippen LogP contribution is 2.17. The molecule has 1 saturated carbocycles. The maximum atomic E-state index is 11.7. The van der Waals surface area contributed by atoms with Gasteiger partial charge in [-0.2, -0.15) is 5.10 Å². The van der Waals surface area contributed by atoms with Gasteiger partial charge in [0.15, 0.2) is 0 Å². The fourth-order valence-corrected chi connectivity index (χ4v) is 1.96. The minimum atomic E-state index is -0.0783. The van der Waals surface area contributed by atoms with Crippen LogP contribution in [0.2, 0.25) is 0 Å². The van der Waals surface area contributed by atoms with Crippen molar-refractivity contribution in [3.63, 3.8) is 0 Å². The second kappa shape index (κ2) is 4.02. The fraction of sp³-hybridized carbons (Fsp3) is 0.600. The van der Waals surface area contributed by atoms with Gasteiger partial charge in [0.25, 0.3) is 5.91 Å². The highest BCUT2D eigenvalue weighted by atomic mass is 16.1. The number of nitrogens with one attached hydrogen (secondary N) is 1. The van der Waals surface area contributed by atoms with Gasteiger partial charge in [-0.05, 0) is 19.3 Å². The molecule has 1 fully saturated rings. The van der Waals surface area contributed by atoms with E-state index in [1.165, 1.54) is 0 Å². The molecule has 1 heterocycles. The SMILES string of the molecule is Cn1cc(C(=O)NC2CCCC2N)cn1. The summed E-state index contributed by atoms with van der Waals surface area (Å²) in [4.78, 5) is 11.7. The van der Waals surface area contributed by atoms with Crippen molar-refractivity contribution in [1.82, 2.24) is 15.1 Å². The molecule has 2 atom stereocenters. The smallest absolute Gasteiger partial charge is 0.254 e. The van der Waals surface area contributed by atoms with Gasteiger partial charge in [-0.25, -0.2) is 0 Å². The second-order valence-electron chi connectivity index (χ2n) is 4.08. The molecule has 0 bridgehead atoms. The molecule has 1 aliphatic rings. The summed E-state index contributed by atoms with van der Waals surface area (Å²) in [7, 11) is 1.79. The molecular formula is C10H16N4O. The molecule has 1 aromatic rings. The molecule has 2 unspecified atom stereocenters. The van der Waals surface area contributed by atoms with Crippen molar-refractivity contribution in [3.8, 4) is 0 Å². The molecule has 1 amide bonds. The number of amides is 1. The van der Waals surface area contributed by atoms with Gasteiger partial charge in [-0.3, -0.25) is 9.48 Å². The van der Waals surface area contributed by atoms with Crippen LogP contribution in [0.25, 0.3) is 0 Å². The van der Waals surface area contributed by atoms with Crippen molar-refractivity contribution in [2.24, 2.45) is 12.8 Å². The molecule has 82 valence electrons. The molecule has 0 spiro atoms. The largest absolute Gasteiger partial charge is 0.348 e. The fourth-order valence-electron chi connectivity index (χ4n) is 1.96. The Hall–Kier alpha value is -1.36. The maximum absolute atomic E-state index is 11.7. The summed E-state index contributed by atoms with van der Waals surface area (Å²) in [6.07, 6.45) is 6.34. The lowest BCUT2D eigenvalue weighted by molar-refractivity contribution is 0.0934. The number of aromatic nitrogens is 2. The number of rotatable bonds is 2. The van der Waals surface area contributed by atoms with E-state index in [1.807, 2.05) is 0 Å². The molecule has 5 heteroatoms. The van der Waals surface area contributed by atoms with E-state index in [-0.39, 0.29) is 18.0 Å². The predicted octanol–water partition coefficient (Wildman–Crippen LogP) is 0.0297. The molecule has 0 aliphatic heterocycles. The van der Waals surface area contributed by atoms with Crippen LogP contribution in [-0.4, -0.2) is 27.8 Å². The first-order chi connectivity index (χ1) is 7.16. The number of nitrogens with zero attached hydrogens (tertiary/aromatic N) is 2. The van der Waals surface area contributed by atoms with Crippen molar-refractivity contribution in [2.45, 2.75) is 31.3 Å². The first-order valence-electron chi connectivity index (χ1n) is 5.22. The van der Waals surface area contributed by atoms with E-state index in [2.05, 4.69) is 10.4 Å². The molecule has 0 saturated heterocycles. The minimum Gasteiger partial charge on any atom is -0.348 e. The van der Waals surface area contributed by atoms with Crippen LogP contribution in [-0.2, 0) is 7.05 Å². The summed E-state index contributed by atoms with van der Waals surface area (Å²) < 4.78 is 1.61. The van der Waals surface area contributed by atoms with Crippen LogP contribution >= 0.6 is 0 Å². The van der Waals surface area contributed by atoms with Crippen LogP contribution in [0.4, 0.5) is 0 Å². The Labute approximate surface area is 88.6 Å².